The van der Waals surface area contributed by atoms with Crippen LogP contribution in [0.2, 0.25) is 0 Å². The number of carbonyl (C=O) groups excluding carboxylic acids is 1. The van der Waals surface area contributed by atoms with Crippen LogP contribution in [-0.2, 0) is 0 Å². The number of rotatable bonds is 3. The van der Waals surface area contributed by atoms with Gasteiger partial charge in [0.1, 0.15) is 0 Å². The molecular formula is C13H13N3O3. The summed E-state index contributed by atoms with van der Waals surface area (Å²) >= 11 is 0. The lowest BCUT2D eigenvalue weighted by molar-refractivity contribution is 0.0696. The van der Waals surface area contributed by atoms with E-state index in [0.717, 1.165) is 5.56 Å². The van der Waals surface area contributed by atoms with Crippen molar-refractivity contribution in [1.82, 2.24) is 15.1 Å². The number of amides is 1. The van der Waals surface area contributed by atoms with Gasteiger partial charge in [0.05, 0.1) is 11.3 Å². The van der Waals surface area contributed by atoms with Crippen molar-refractivity contribution in [2.75, 3.05) is 7.05 Å². The normalized spacial score (nSPS) is 10.2. The highest BCUT2D eigenvalue weighted by Crippen LogP contribution is 2.16. The van der Waals surface area contributed by atoms with Gasteiger partial charge in [0.2, 0.25) is 0 Å². The standard InChI is InChI=1S/C13H13N3O3/c1-8-3-4-9(13(18)19)11(7-8)16-6-5-10(15-16)12(17)14-2/h3-7H,1-2H3,(H,14,17)(H,18,19). The van der Waals surface area contributed by atoms with Crippen molar-refractivity contribution in [2.45, 2.75) is 6.92 Å². The lowest BCUT2D eigenvalue weighted by Gasteiger charge is -2.07. The van der Waals surface area contributed by atoms with Gasteiger partial charge < -0.3 is 10.4 Å². The second kappa shape index (κ2) is 4.93. The molecular weight excluding hydrogens is 246 g/mol. The molecule has 0 saturated carbocycles. The number of hydrogen-bond donors (Lipinski definition) is 2. The zero-order valence-corrected chi connectivity index (χ0v) is 10.5. The molecule has 0 aliphatic rings. The summed E-state index contributed by atoms with van der Waals surface area (Å²) in [5, 5.41) is 15.7. The predicted octanol–water partition coefficient (Wildman–Crippen LogP) is 1.24. The Bertz CT molecular complexity index is 646. The van der Waals surface area contributed by atoms with Crippen LogP contribution < -0.4 is 5.32 Å². The molecule has 1 aromatic carbocycles. The van der Waals surface area contributed by atoms with E-state index in [2.05, 4.69) is 10.4 Å². The molecule has 0 fully saturated rings. The van der Waals surface area contributed by atoms with Crippen molar-refractivity contribution in [1.29, 1.82) is 0 Å². The Balaban J connectivity index is 2.52. The number of carboxylic acids is 1. The highest BCUT2D eigenvalue weighted by atomic mass is 16.4. The number of nitrogens with one attached hydrogen (secondary N) is 1. The SMILES string of the molecule is CNC(=O)c1ccn(-c2cc(C)ccc2C(=O)O)n1. The van der Waals surface area contributed by atoms with Crippen molar-refractivity contribution in [3.05, 3.63) is 47.3 Å². The molecule has 0 unspecified atom stereocenters. The quantitative estimate of drug-likeness (QED) is 0.868. The zero-order chi connectivity index (χ0) is 14.0. The molecule has 0 spiro atoms. The van der Waals surface area contributed by atoms with E-state index in [-0.39, 0.29) is 17.2 Å². The van der Waals surface area contributed by atoms with Gasteiger partial charge in [-0.1, -0.05) is 6.07 Å². The number of aromatic carboxylic acids is 1. The van der Waals surface area contributed by atoms with Gasteiger partial charge >= 0.3 is 5.97 Å². The van der Waals surface area contributed by atoms with E-state index >= 15 is 0 Å². The van der Waals surface area contributed by atoms with Crippen LogP contribution in [0.4, 0.5) is 0 Å². The largest absolute Gasteiger partial charge is 0.478 e. The minimum atomic E-state index is -1.04. The Kier molecular flexibility index (Phi) is 3.33. The molecule has 1 aromatic heterocycles. The van der Waals surface area contributed by atoms with Crippen LogP contribution in [-0.4, -0.2) is 33.8 Å². The third-order valence-corrected chi connectivity index (χ3v) is 2.68. The van der Waals surface area contributed by atoms with Crippen LogP contribution >= 0.6 is 0 Å². The second-order valence-electron chi connectivity index (χ2n) is 4.05. The summed E-state index contributed by atoms with van der Waals surface area (Å²) < 4.78 is 1.39. The monoisotopic (exact) mass is 259 g/mol. The molecule has 0 bridgehead atoms. The Morgan fingerprint density at radius 1 is 1.32 bits per heavy atom. The highest BCUT2D eigenvalue weighted by molar-refractivity contribution is 5.93. The fourth-order valence-corrected chi connectivity index (χ4v) is 1.72. The van der Waals surface area contributed by atoms with E-state index < -0.39 is 5.97 Å². The Labute approximate surface area is 109 Å². The maximum atomic E-state index is 11.4. The van der Waals surface area contributed by atoms with Crippen molar-refractivity contribution >= 4 is 11.9 Å². The smallest absolute Gasteiger partial charge is 0.337 e. The number of aromatic nitrogens is 2. The molecule has 98 valence electrons. The summed E-state index contributed by atoms with van der Waals surface area (Å²) in [4.78, 5) is 22.6. The van der Waals surface area contributed by atoms with Crippen LogP contribution in [0.25, 0.3) is 5.69 Å². The topological polar surface area (TPSA) is 84.2 Å². The Hall–Kier alpha value is -2.63. The maximum absolute atomic E-state index is 11.4. The summed E-state index contributed by atoms with van der Waals surface area (Å²) in [6.07, 6.45) is 1.56. The number of carboxylic acid groups (broad SMARTS) is 1. The second-order valence-corrected chi connectivity index (χ2v) is 4.05. The molecule has 0 atom stereocenters. The summed E-state index contributed by atoms with van der Waals surface area (Å²) in [5.41, 5.74) is 1.72. The Morgan fingerprint density at radius 2 is 2.05 bits per heavy atom. The summed E-state index contributed by atoms with van der Waals surface area (Å²) in [6, 6.07) is 6.49. The number of carbonyl (C=O) groups is 2. The predicted molar refractivity (Wildman–Crippen MR) is 68.7 cm³/mol. The first-order valence-corrected chi connectivity index (χ1v) is 5.65. The Morgan fingerprint density at radius 3 is 2.68 bits per heavy atom. The van der Waals surface area contributed by atoms with E-state index in [1.54, 1.807) is 18.3 Å². The molecule has 2 N–H and O–H groups in total. The van der Waals surface area contributed by atoms with Gasteiger partial charge in [-0.15, -0.1) is 0 Å². The van der Waals surface area contributed by atoms with Gasteiger partial charge in [0.25, 0.3) is 5.91 Å². The maximum Gasteiger partial charge on any atom is 0.337 e. The fraction of sp³-hybridized carbons (Fsp3) is 0.154. The van der Waals surface area contributed by atoms with Gasteiger partial charge in [-0.2, -0.15) is 5.10 Å². The van der Waals surface area contributed by atoms with Gasteiger partial charge in [-0.25, -0.2) is 9.48 Å². The summed E-state index contributed by atoms with van der Waals surface area (Å²) in [6.45, 7) is 1.86. The molecule has 0 saturated heterocycles. The molecule has 1 heterocycles. The molecule has 0 aliphatic heterocycles. The van der Waals surface area contributed by atoms with Crippen LogP contribution in [0.3, 0.4) is 0 Å². The molecule has 1 amide bonds. The van der Waals surface area contributed by atoms with E-state index in [4.69, 9.17) is 5.11 Å². The number of hydrogen-bond acceptors (Lipinski definition) is 3. The minimum absolute atomic E-state index is 0.136. The molecule has 2 aromatic rings. The number of benzene rings is 1. The highest BCUT2D eigenvalue weighted by Gasteiger charge is 2.14. The van der Waals surface area contributed by atoms with Gasteiger partial charge in [-0.05, 0) is 30.7 Å². The minimum Gasteiger partial charge on any atom is -0.478 e. The van der Waals surface area contributed by atoms with Crippen LogP contribution in [0, 0.1) is 6.92 Å². The average molecular weight is 259 g/mol. The first-order chi connectivity index (χ1) is 9.02. The van der Waals surface area contributed by atoms with Gasteiger partial charge in [0.15, 0.2) is 5.69 Å². The van der Waals surface area contributed by atoms with Crippen LogP contribution in [0.1, 0.15) is 26.4 Å². The van der Waals surface area contributed by atoms with E-state index in [1.165, 1.54) is 23.9 Å². The first-order valence-electron chi connectivity index (χ1n) is 5.65. The molecule has 0 radical (unpaired) electrons. The third-order valence-electron chi connectivity index (χ3n) is 2.68. The van der Waals surface area contributed by atoms with Crippen LogP contribution in [0.15, 0.2) is 30.5 Å². The van der Waals surface area contributed by atoms with Crippen LogP contribution in [0.5, 0.6) is 0 Å². The molecule has 19 heavy (non-hydrogen) atoms. The molecule has 2 rings (SSSR count). The van der Waals surface area contributed by atoms with E-state index in [1.807, 2.05) is 6.92 Å². The fourth-order valence-electron chi connectivity index (χ4n) is 1.72. The zero-order valence-electron chi connectivity index (χ0n) is 10.5. The van der Waals surface area contributed by atoms with Crippen molar-refractivity contribution in [3.63, 3.8) is 0 Å². The molecule has 6 heteroatoms. The van der Waals surface area contributed by atoms with Crippen molar-refractivity contribution < 1.29 is 14.7 Å². The van der Waals surface area contributed by atoms with E-state index in [9.17, 15) is 9.59 Å². The first kappa shape index (κ1) is 12.8. The number of nitrogens with zero attached hydrogens (tertiary/aromatic N) is 2. The lowest BCUT2D eigenvalue weighted by atomic mass is 10.1. The summed E-state index contributed by atoms with van der Waals surface area (Å²) in [5.74, 6) is -1.35. The summed E-state index contributed by atoms with van der Waals surface area (Å²) in [7, 11) is 1.51. The average Bonchev–Trinajstić information content (AvgIpc) is 2.86. The third kappa shape index (κ3) is 2.47. The van der Waals surface area contributed by atoms with E-state index in [0.29, 0.717) is 5.69 Å². The van der Waals surface area contributed by atoms with Crippen molar-refractivity contribution in [3.8, 4) is 5.69 Å². The molecule has 6 nitrogen and oxygen atoms in total. The number of aryl methyl sites for hydroxylation is 1. The lowest BCUT2D eigenvalue weighted by Crippen LogP contribution is -2.18. The molecule has 0 aliphatic carbocycles. The van der Waals surface area contributed by atoms with Gasteiger partial charge in [-0.3, -0.25) is 4.79 Å². The van der Waals surface area contributed by atoms with Crippen molar-refractivity contribution in [2.24, 2.45) is 0 Å². The van der Waals surface area contributed by atoms with Gasteiger partial charge in [0, 0.05) is 13.2 Å².